The van der Waals surface area contributed by atoms with E-state index in [1.807, 2.05) is 0 Å². The summed E-state index contributed by atoms with van der Waals surface area (Å²) in [5.74, 6) is 0.517. The molecule has 0 aliphatic heterocycles. The molecule has 2 aromatic heterocycles. The number of nitrogens with one attached hydrogen (secondary N) is 2. The molecule has 0 amide bonds. The fraction of sp³-hybridized carbons (Fsp3) is 0. The Hall–Kier alpha value is -2.17. The molecular formula is C12H6BrClN6. The minimum atomic E-state index is 0.108. The zero-order chi connectivity index (χ0) is 14.1. The third kappa shape index (κ3) is 2.31. The van der Waals surface area contributed by atoms with Crippen molar-refractivity contribution in [2.24, 2.45) is 0 Å². The Morgan fingerprint density at radius 1 is 1.35 bits per heavy atom. The zero-order valence-electron chi connectivity index (χ0n) is 9.85. The molecule has 20 heavy (non-hydrogen) atoms. The van der Waals surface area contributed by atoms with E-state index in [4.69, 9.17) is 16.9 Å². The molecular weight excluding hydrogens is 344 g/mol. The van der Waals surface area contributed by atoms with E-state index < -0.39 is 0 Å². The summed E-state index contributed by atoms with van der Waals surface area (Å²) in [7, 11) is 0. The van der Waals surface area contributed by atoms with Crippen LogP contribution in [0.25, 0.3) is 11.2 Å². The summed E-state index contributed by atoms with van der Waals surface area (Å²) >= 11 is 9.27. The van der Waals surface area contributed by atoms with Crippen molar-refractivity contribution >= 4 is 50.2 Å². The molecule has 2 N–H and O–H groups in total. The van der Waals surface area contributed by atoms with Crippen LogP contribution in [0.2, 0.25) is 5.28 Å². The van der Waals surface area contributed by atoms with Crippen LogP contribution in [0.15, 0.2) is 29.0 Å². The Labute approximate surface area is 127 Å². The van der Waals surface area contributed by atoms with Gasteiger partial charge in [0.15, 0.2) is 11.5 Å². The summed E-state index contributed by atoms with van der Waals surface area (Å²) in [4.78, 5) is 15.1. The molecule has 0 saturated carbocycles. The number of anilines is 2. The van der Waals surface area contributed by atoms with E-state index in [1.165, 1.54) is 6.33 Å². The van der Waals surface area contributed by atoms with Gasteiger partial charge >= 0.3 is 0 Å². The number of fused-ring (bicyclic) bond motifs is 1. The van der Waals surface area contributed by atoms with Crippen LogP contribution in [0.5, 0.6) is 0 Å². The summed E-state index contributed by atoms with van der Waals surface area (Å²) in [5, 5.41) is 12.1. The van der Waals surface area contributed by atoms with E-state index >= 15 is 0 Å². The molecule has 0 aliphatic rings. The molecule has 1 aromatic carbocycles. The molecule has 0 spiro atoms. The van der Waals surface area contributed by atoms with Crippen molar-refractivity contribution in [2.75, 3.05) is 5.32 Å². The summed E-state index contributed by atoms with van der Waals surface area (Å²) in [5.41, 5.74) is 2.47. The number of hydrogen-bond donors (Lipinski definition) is 2. The van der Waals surface area contributed by atoms with Crippen LogP contribution in [0.1, 0.15) is 5.56 Å². The lowest BCUT2D eigenvalue weighted by molar-refractivity contribution is 1.20. The second kappa shape index (κ2) is 5.07. The number of imidazole rings is 1. The standard InChI is InChI=1S/C12H6BrClN6/c13-7-3-6(4-15)1-2-8(7)18-11-9-10(17-5-16-9)19-12(14)20-11/h1-3,5H,(H2,16,17,18,19,20). The number of aromatic nitrogens is 4. The molecule has 8 heteroatoms. The first-order valence-corrected chi connectivity index (χ1v) is 6.68. The van der Waals surface area contributed by atoms with Crippen LogP contribution in [0.4, 0.5) is 11.5 Å². The van der Waals surface area contributed by atoms with E-state index in [1.54, 1.807) is 18.2 Å². The molecule has 2 heterocycles. The van der Waals surface area contributed by atoms with Crippen LogP contribution in [0.3, 0.4) is 0 Å². The normalized spacial score (nSPS) is 10.4. The van der Waals surface area contributed by atoms with E-state index in [-0.39, 0.29) is 5.28 Å². The Kier molecular flexibility index (Phi) is 3.26. The van der Waals surface area contributed by atoms with Gasteiger partial charge in [-0.25, -0.2) is 4.98 Å². The summed E-state index contributed by atoms with van der Waals surface area (Å²) in [6.07, 6.45) is 1.52. The number of rotatable bonds is 2. The highest BCUT2D eigenvalue weighted by Gasteiger charge is 2.10. The van der Waals surface area contributed by atoms with Crippen molar-refractivity contribution in [1.29, 1.82) is 5.26 Å². The molecule has 6 nitrogen and oxygen atoms in total. The average Bonchev–Trinajstić information content (AvgIpc) is 2.89. The van der Waals surface area contributed by atoms with Gasteiger partial charge in [-0.05, 0) is 45.7 Å². The lowest BCUT2D eigenvalue weighted by atomic mass is 10.2. The van der Waals surface area contributed by atoms with Crippen molar-refractivity contribution < 1.29 is 0 Å². The fourth-order valence-corrected chi connectivity index (χ4v) is 2.35. The van der Waals surface area contributed by atoms with Gasteiger partial charge in [0, 0.05) is 4.47 Å². The molecule has 3 rings (SSSR count). The van der Waals surface area contributed by atoms with Crippen LogP contribution in [-0.2, 0) is 0 Å². The van der Waals surface area contributed by atoms with Crippen molar-refractivity contribution in [3.63, 3.8) is 0 Å². The Morgan fingerprint density at radius 3 is 2.95 bits per heavy atom. The number of halogens is 2. The summed E-state index contributed by atoms with van der Waals surface area (Å²) < 4.78 is 0.749. The molecule has 98 valence electrons. The van der Waals surface area contributed by atoms with Gasteiger partial charge in [0.05, 0.1) is 23.6 Å². The quantitative estimate of drug-likeness (QED) is 0.692. The third-order valence-electron chi connectivity index (χ3n) is 2.61. The molecule has 0 saturated heterocycles. The molecule has 0 unspecified atom stereocenters. The highest BCUT2D eigenvalue weighted by atomic mass is 79.9. The van der Waals surface area contributed by atoms with E-state index in [9.17, 15) is 0 Å². The Bertz CT molecular complexity index is 838. The minimum Gasteiger partial charge on any atom is -0.340 e. The molecule has 0 radical (unpaired) electrons. The lowest BCUT2D eigenvalue weighted by Crippen LogP contribution is -1.98. The second-order valence-corrected chi connectivity index (χ2v) is 5.07. The summed E-state index contributed by atoms with van der Waals surface area (Å²) in [6, 6.07) is 7.28. The Balaban J connectivity index is 2.05. The van der Waals surface area contributed by atoms with Gasteiger partial charge in [0.2, 0.25) is 5.28 Å². The number of nitriles is 1. The van der Waals surface area contributed by atoms with Gasteiger partial charge in [0.1, 0.15) is 5.52 Å². The van der Waals surface area contributed by atoms with Crippen LogP contribution in [0, 0.1) is 11.3 Å². The highest BCUT2D eigenvalue weighted by molar-refractivity contribution is 9.10. The maximum Gasteiger partial charge on any atom is 0.226 e. The molecule has 0 aliphatic carbocycles. The van der Waals surface area contributed by atoms with Crippen molar-refractivity contribution in [1.82, 2.24) is 19.9 Å². The van der Waals surface area contributed by atoms with Gasteiger partial charge in [-0.3, -0.25) is 0 Å². The van der Waals surface area contributed by atoms with Crippen LogP contribution in [-0.4, -0.2) is 19.9 Å². The number of benzene rings is 1. The molecule has 0 fully saturated rings. The third-order valence-corrected chi connectivity index (χ3v) is 3.43. The zero-order valence-corrected chi connectivity index (χ0v) is 12.2. The SMILES string of the molecule is N#Cc1ccc(Nc2nc(Cl)nc3nc[nH]c23)c(Br)c1. The largest absolute Gasteiger partial charge is 0.340 e. The van der Waals surface area contributed by atoms with E-state index in [0.29, 0.717) is 22.5 Å². The first kappa shape index (κ1) is 12.8. The van der Waals surface area contributed by atoms with Crippen molar-refractivity contribution in [3.05, 3.63) is 39.8 Å². The number of H-pyrrole nitrogens is 1. The summed E-state index contributed by atoms with van der Waals surface area (Å²) in [6.45, 7) is 0. The van der Waals surface area contributed by atoms with Crippen LogP contribution < -0.4 is 5.32 Å². The average molecular weight is 350 g/mol. The molecule has 3 aromatic rings. The number of aromatic amines is 1. The predicted molar refractivity (Wildman–Crippen MR) is 78.8 cm³/mol. The molecule has 0 atom stereocenters. The molecule has 0 bridgehead atoms. The fourth-order valence-electron chi connectivity index (χ4n) is 1.71. The predicted octanol–water partition coefficient (Wildman–Crippen LogP) is 3.38. The van der Waals surface area contributed by atoms with Gasteiger partial charge < -0.3 is 10.3 Å². The Morgan fingerprint density at radius 2 is 2.20 bits per heavy atom. The number of hydrogen-bond acceptors (Lipinski definition) is 5. The topological polar surface area (TPSA) is 90.3 Å². The van der Waals surface area contributed by atoms with Gasteiger partial charge in [-0.15, -0.1) is 0 Å². The highest BCUT2D eigenvalue weighted by Crippen LogP contribution is 2.28. The lowest BCUT2D eigenvalue weighted by Gasteiger charge is -2.08. The number of nitrogens with zero attached hydrogens (tertiary/aromatic N) is 4. The van der Waals surface area contributed by atoms with Gasteiger partial charge in [-0.2, -0.15) is 15.2 Å². The van der Waals surface area contributed by atoms with Crippen molar-refractivity contribution in [3.8, 4) is 6.07 Å². The van der Waals surface area contributed by atoms with E-state index in [0.717, 1.165) is 10.2 Å². The van der Waals surface area contributed by atoms with Gasteiger partial charge in [0.25, 0.3) is 0 Å². The van der Waals surface area contributed by atoms with Gasteiger partial charge in [-0.1, -0.05) is 0 Å². The van der Waals surface area contributed by atoms with Crippen LogP contribution >= 0.6 is 27.5 Å². The minimum absolute atomic E-state index is 0.108. The maximum absolute atomic E-state index is 8.85. The second-order valence-electron chi connectivity index (χ2n) is 3.87. The first-order valence-electron chi connectivity index (χ1n) is 5.50. The van der Waals surface area contributed by atoms with Crippen molar-refractivity contribution in [2.45, 2.75) is 0 Å². The smallest absolute Gasteiger partial charge is 0.226 e. The monoisotopic (exact) mass is 348 g/mol. The van der Waals surface area contributed by atoms with E-state index in [2.05, 4.69) is 47.3 Å². The first-order chi connectivity index (χ1) is 9.67. The maximum atomic E-state index is 8.85.